The quantitative estimate of drug-likeness (QED) is 0.825. The molecule has 0 saturated heterocycles. The van der Waals surface area contributed by atoms with Crippen LogP contribution in [0.5, 0.6) is 0 Å². The first-order valence-electron chi connectivity index (χ1n) is 7.38. The van der Waals surface area contributed by atoms with Gasteiger partial charge in [-0.3, -0.25) is 0 Å². The maximum absolute atomic E-state index is 12.6. The standard InChI is InChI=1S/C14H20N4O3S/c1-3-12-11-6-10(7-16-13(11)21-17-12)22(19,20)18-14(2,8-15)9-4-5-9/h6-7,9,18H,3-5,8,15H2,1-2H3. The van der Waals surface area contributed by atoms with Crippen LogP contribution in [0.4, 0.5) is 0 Å². The first kappa shape index (κ1) is 15.4. The van der Waals surface area contributed by atoms with E-state index in [9.17, 15) is 8.42 Å². The molecule has 0 aliphatic heterocycles. The number of aromatic nitrogens is 2. The van der Waals surface area contributed by atoms with E-state index in [4.69, 9.17) is 10.3 Å². The fourth-order valence-electron chi connectivity index (χ4n) is 2.64. The highest BCUT2D eigenvalue weighted by molar-refractivity contribution is 7.89. The van der Waals surface area contributed by atoms with Gasteiger partial charge in [0, 0.05) is 12.1 Å². The minimum Gasteiger partial charge on any atom is -0.336 e. The van der Waals surface area contributed by atoms with Crippen molar-refractivity contribution in [2.75, 3.05) is 6.54 Å². The van der Waals surface area contributed by atoms with Crippen LogP contribution in [0.1, 0.15) is 32.4 Å². The zero-order valence-corrected chi connectivity index (χ0v) is 13.5. The summed E-state index contributed by atoms with van der Waals surface area (Å²) in [6.07, 6.45) is 3.94. The molecule has 0 aromatic carbocycles. The second-order valence-corrected chi connectivity index (χ2v) is 7.69. The van der Waals surface area contributed by atoms with Crippen LogP contribution in [-0.2, 0) is 16.4 Å². The van der Waals surface area contributed by atoms with Crippen molar-refractivity contribution in [3.05, 3.63) is 18.0 Å². The zero-order valence-electron chi connectivity index (χ0n) is 12.7. The van der Waals surface area contributed by atoms with Crippen LogP contribution in [0, 0.1) is 5.92 Å². The number of aryl methyl sites for hydroxylation is 1. The third-order valence-electron chi connectivity index (χ3n) is 4.29. The molecule has 1 saturated carbocycles. The molecule has 1 atom stereocenters. The average molecular weight is 324 g/mol. The van der Waals surface area contributed by atoms with Crippen molar-refractivity contribution >= 4 is 21.1 Å². The van der Waals surface area contributed by atoms with E-state index >= 15 is 0 Å². The monoisotopic (exact) mass is 324 g/mol. The smallest absolute Gasteiger partial charge is 0.258 e. The van der Waals surface area contributed by atoms with Crippen molar-refractivity contribution in [1.82, 2.24) is 14.9 Å². The number of nitrogens with one attached hydrogen (secondary N) is 1. The minimum atomic E-state index is -3.69. The summed E-state index contributed by atoms with van der Waals surface area (Å²) < 4.78 is 33.1. The Morgan fingerprint density at radius 2 is 2.23 bits per heavy atom. The predicted molar refractivity (Wildman–Crippen MR) is 81.7 cm³/mol. The number of fused-ring (bicyclic) bond motifs is 1. The average Bonchev–Trinajstić information content (AvgIpc) is 3.27. The van der Waals surface area contributed by atoms with Crippen molar-refractivity contribution in [3.8, 4) is 0 Å². The van der Waals surface area contributed by atoms with E-state index in [1.54, 1.807) is 6.07 Å². The summed E-state index contributed by atoms with van der Waals surface area (Å²) in [6, 6.07) is 1.56. The summed E-state index contributed by atoms with van der Waals surface area (Å²) in [5.41, 5.74) is 6.21. The Labute approximate surface area is 129 Å². The fourth-order valence-corrected chi connectivity index (χ4v) is 4.09. The Morgan fingerprint density at radius 3 is 2.82 bits per heavy atom. The summed E-state index contributed by atoms with van der Waals surface area (Å²) in [6.45, 7) is 4.04. The van der Waals surface area contributed by atoms with Gasteiger partial charge in [0.05, 0.1) is 17.3 Å². The number of hydrogen-bond acceptors (Lipinski definition) is 6. The van der Waals surface area contributed by atoms with Crippen LogP contribution in [0.15, 0.2) is 21.7 Å². The van der Waals surface area contributed by atoms with Crippen molar-refractivity contribution < 1.29 is 12.9 Å². The molecule has 0 bridgehead atoms. The summed E-state index contributed by atoms with van der Waals surface area (Å²) in [5.74, 6) is 0.297. The second kappa shape index (κ2) is 5.29. The molecule has 2 heterocycles. The van der Waals surface area contributed by atoms with E-state index in [-0.39, 0.29) is 11.4 Å². The molecule has 2 aromatic rings. The first-order valence-corrected chi connectivity index (χ1v) is 8.86. The molecule has 0 amide bonds. The third-order valence-corrected chi connectivity index (χ3v) is 5.87. The van der Waals surface area contributed by atoms with Gasteiger partial charge < -0.3 is 10.3 Å². The summed E-state index contributed by atoms with van der Waals surface area (Å²) >= 11 is 0. The summed E-state index contributed by atoms with van der Waals surface area (Å²) in [5, 5.41) is 4.52. The number of nitrogens with zero attached hydrogens (tertiary/aromatic N) is 2. The lowest BCUT2D eigenvalue weighted by atomic mass is 9.98. The van der Waals surface area contributed by atoms with E-state index in [0.717, 1.165) is 12.8 Å². The van der Waals surface area contributed by atoms with E-state index in [1.165, 1.54) is 6.20 Å². The molecule has 8 heteroatoms. The number of rotatable bonds is 6. The number of sulfonamides is 1. The topological polar surface area (TPSA) is 111 Å². The Balaban J connectivity index is 1.97. The van der Waals surface area contributed by atoms with E-state index in [2.05, 4.69) is 14.9 Å². The maximum atomic E-state index is 12.6. The van der Waals surface area contributed by atoms with Crippen LogP contribution < -0.4 is 10.5 Å². The molecule has 7 nitrogen and oxygen atoms in total. The highest BCUT2D eigenvalue weighted by atomic mass is 32.2. The van der Waals surface area contributed by atoms with Crippen molar-refractivity contribution in [2.45, 2.75) is 43.5 Å². The molecule has 1 aliphatic carbocycles. The lowest BCUT2D eigenvalue weighted by Gasteiger charge is -2.28. The fraction of sp³-hybridized carbons (Fsp3) is 0.571. The van der Waals surface area contributed by atoms with Gasteiger partial charge >= 0.3 is 0 Å². The maximum Gasteiger partial charge on any atom is 0.258 e. The van der Waals surface area contributed by atoms with Gasteiger partial charge in [0.15, 0.2) is 0 Å². The Hall–Kier alpha value is -1.51. The lowest BCUT2D eigenvalue weighted by Crippen LogP contribution is -2.52. The SMILES string of the molecule is CCc1noc2ncc(S(=O)(=O)NC(C)(CN)C3CC3)cc12. The molecule has 0 spiro atoms. The number of hydrogen-bond donors (Lipinski definition) is 2. The number of nitrogens with two attached hydrogens (primary N) is 1. The first-order chi connectivity index (χ1) is 10.4. The molecule has 3 N–H and O–H groups in total. The summed E-state index contributed by atoms with van der Waals surface area (Å²) in [7, 11) is -3.69. The van der Waals surface area contributed by atoms with Crippen molar-refractivity contribution in [3.63, 3.8) is 0 Å². The highest BCUT2D eigenvalue weighted by Crippen LogP contribution is 2.39. The molecule has 1 fully saturated rings. The second-order valence-electron chi connectivity index (χ2n) is 6.01. The van der Waals surface area contributed by atoms with Crippen molar-refractivity contribution in [1.29, 1.82) is 0 Å². The normalized spacial score (nSPS) is 18.5. The summed E-state index contributed by atoms with van der Waals surface area (Å²) in [4.78, 5) is 4.16. The van der Waals surface area contributed by atoms with Gasteiger partial charge in [-0.05, 0) is 38.2 Å². The molecule has 0 radical (unpaired) electrons. The van der Waals surface area contributed by atoms with E-state index < -0.39 is 15.6 Å². The van der Waals surface area contributed by atoms with Gasteiger partial charge in [-0.2, -0.15) is 0 Å². The largest absolute Gasteiger partial charge is 0.336 e. The van der Waals surface area contributed by atoms with Crippen LogP contribution in [0.2, 0.25) is 0 Å². The Kier molecular flexibility index (Phi) is 3.70. The lowest BCUT2D eigenvalue weighted by molar-refractivity contribution is 0.374. The Bertz CT molecular complexity index is 798. The molecular weight excluding hydrogens is 304 g/mol. The van der Waals surface area contributed by atoms with Gasteiger partial charge in [0.2, 0.25) is 10.0 Å². The Morgan fingerprint density at radius 1 is 1.50 bits per heavy atom. The molecular formula is C14H20N4O3S. The molecule has 1 unspecified atom stereocenters. The molecule has 22 heavy (non-hydrogen) atoms. The van der Waals surface area contributed by atoms with E-state index in [0.29, 0.717) is 29.1 Å². The van der Waals surface area contributed by atoms with Gasteiger partial charge in [-0.15, -0.1) is 0 Å². The zero-order chi connectivity index (χ0) is 16.0. The van der Waals surface area contributed by atoms with Gasteiger partial charge in [0.25, 0.3) is 5.71 Å². The van der Waals surface area contributed by atoms with E-state index in [1.807, 2.05) is 13.8 Å². The van der Waals surface area contributed by atoms with Gasteiger partial charge in [-0.25, -0.2) is 18.1 Å². The molecule has 120 valence electrons. The predicted octanol–water partition coefficient (Wildman–Crippen LogP) is 1.19. The van der Waals surface area contributed by atoms with Crippen LogP contribution in [-0.4, -0.2) is 30.6 Å². The van der Waals surface area contributed by atoms with Crippen LogP contribution in [0.25, 0.3) is 11.1 Å². The van der Waals surface area contributed by atoms with Gasteiger partial charge in [0.1, 0.15) is 4.90 Å². The van der Waals surface area contributed by atoms with Crippen LogP contribution >= 0.6 is 0 Å². The minimum absolute atomic E-state index is 0.109. The van der Waals surface area contributed by atoms with Crippen molar-refractivity contribution in [2.24, 2.45) is 11.7 Å². The van der Waals surface area contributed by atoms with Crippen LogP contribution in [0.3, 0.4) is 0 Å². The molecule has 2 aromatic heterocycles. The third kappa shape index (κ3) is 2.62. The highest BCUT2D eigenvalue weighted by Gasteiger charge is 2.43. The van der Waals surface area contributed by atoms with Gasteiger partial charge in [-0.1, -0.05) is 12.1 Å². The molecule has 1 aliphatic rings. The number of pyridine rings is 1. The molecule has 3 rings (SSSR count).